The van der Waals surface area contributed by atoms with Crippen molar-refractivity contribution >= 4 is 17.7 Å². The number of aromatic nitrogens is 3. The first-order chi connectivity index (χ1) is 14.2. The number of nitrogens with one attached hydrogen (secondary N) is 1. The quantitative estimate of drug-likeness (QED) is 0.605. The van der Waals surface area contributed by atoms with Gasteiger partial charge < -0.3 is 10.1 Å². The lowest BCUT2D eigenvalue weighted by Gasteiger charge is -2.12. The Morgan fingerprint density at radius 3 is 2.83 bits per heavy atom. The lowest BCUT2D eigenvalue weighted by atomic mass is 10.2. The van der Waals surface area contributed by atoms with Crippen LogP contribution in [0.4, 0.5) is 0 Å². The second-order valence-electron chi connectivity index (χ2n) is 7.07. The van der Waals surface area contributed by atoms with E-state index in [9.17, 15) is 4.79 Å². The number of carbonyl (C=O) groups excluding carboxylic acids is 1. The average Bonchev–Trinajstić information content (AvgIpc) is 3.41. The Balaban J connectivity index is 1.53. The van der Waals surface area contributed by atoms with Crippen molar-refractivity contribution in [3.05, 3.63) is 60.2 Å². The third-order valence-corrected chi connectivity index (χ3v) is 5.74. The Morgan fingerprint density at radius 2 is 2.07 bits per heavy atom. The Labute approximate surface area is 174 Å². The molecule has 1 saturated heterocycles. The molecule has 1 fully saturated rings. The number of aryl methyl sites for hydroxylation is 1. The highest BCUT2D eigenvalue weighted by Crippen LogP contribution is 2.28. The summed E-state index contributed by atoms with van der Waals surface area (Å²) in [6.45, 7) is 3.41. The van der Waals surface area contributed by atoms with Crippen LogP contribution in [-0.4, -0.2) is 45.7 Å². The third-order valence-electron chi connectivity index (χ3n) is 4.81. The van der Waals surface area contributed by atoms with Crippen LogP contribution >= 0.6 is 11.8 Å². The molecule has 29 heavy (non-hydrogen) atoms. The van der Waals surface area contributed by atoms with Crippen LogP contribution in [0.1, 0.15) is 18.4 Å². The summed E-state index contributed by atoms with van der Waals surface area (Å²) in [4.78, 5) is 12.3. The van der Waals surface area contributed by atoms with Gasteiger partial charge in [-0.2, -0.15) is 0 Å². The number of rotatable bonds is 7. The predicted octanol–water partition coefficient (Wildman–Crippen LogP) is 3.63. The molecule has 4 rings (SSSR count). The molecule has 0 unspecified atom stereocenters. The standard InChI is InChI=1S/C22H24N4O2S/c1-16-7-5-10-18(13-16)26-21(17-8-3-2-4-9-17)24-25-22(26)29-15-20(27)23-14-19-11-6-12-28-19/h2-5,7-10,13,19H,6,11-12,14-15H2,1H3,(H,23,27)/t19-/m1/s1. The predicted molar refractivity (Wildman–Crippen MR) is 114 cm³/mol. The SMILES string of the molecule is Cc1cccc(-n2c(SCC(=O)NC[C@H]3CCCO3)nnc2-c2ccccc2)c1. The zero-order chi connectivity index (χ0) is 20.1. The normalized spacial score (nSPS) is 16.1. The number of benzene rings is 2. The van der Waals surface area contributed by atoms with Gasteiger partial charge in [-0.05, 0) is 37.5 Å². The zero-order valence-electron chi connectivity index (χ0n) is 16.4. The number of ether oxygens (including phenoxy) is 1. The molecule has 6 nitrogen and oxygen atoms in total. The van der Waals surface area contributed by atoms with Gasteiger partial charge >= 0.3 is 0 Å². The Kier molecular flexibility index (Phi) is 6.27. The molecule has 1 amide bonds. The summed E-state index contributed by atoms with van der Waals surface area (Å²) in [7, 11) is 0. The lowest BCUT2D eigenvalue weighted by molar-refractivity contribution is -0.119. The molecule has 1 aliphatic heterocycles. The van der Waals surface area contributed by atoms with Gasteiger partial charge in [0.1, 0.15) is 0 Å². The molecule has 0 radical (unpaired) electrons. The van der Waals surface area contributed by atoms with Crippen molar-refractivity contribution in [3.8, 4) is 17.1 Å². The summed E-state index contributed by atoms with van der Waals surface area (Å²) >= 11 is 1.39. The summed E-state index contributed by atoms with van der Waals surface area (Å²) in [6.07, 6.45) is 2.22. The van der Waals surface area contributed by atoms with E-state index in [4.69, 9.17) is 4.74 Å². The molecule has 2 aromatic carbocycles. The van der Waals surface area contributed by atoms with Crippen molar-refractivity contribution in [1.29, 1.82) is 0 Å². The number of amides is 1. The van der Waals surface area contributed by atoms with Crippen molar-refractivity contribution in [3.63, 3.8) is 0 Å². The van der Waals surface area contributed by atoms with Gasteiger partial charge in [0.05, 0.1) is 11.9 Å². The Morgan fingerprint density at radius 1 is 1.21 bits per heavy atom. The molecule has 1 N–H and O–H groups in total. The van der Waals surface area contributed by atoms with Crippen molar-refractivity contribution in [1.82, 2.24) is 20.1 Å². The maximum atomic E-state index is 12.3. The van der Waals surface area contributed by atoms with E-state index in [0.29, 0.717) is 11.7 Å². The smallest absolute Gasteiger partial charge is 0.230 e. The fourth-order valence-corrected chi connectivity index (χ4v) is 4.13. The van der Waals surface area contributed by atoms with Gasteiger partial charge in [0.2, 0.25) is 5.91 Å². The van der Waals surface area contributed by atoms with Gasteiger partial charge in [-0.25, -0.2) is 0 Å². The number of carbonyl (C=O) groups is 1. The van der Waals surface area contributed by atoms with Gasteiger partial charge in [0.15, 0.2) is 11.0 Å². The fraction of sp³-hybridized carbons (Fsp3) is 0.318. The van der Waals surface area contributed by atoms with E-state index in [-0.39, 0.29) is 17.8 Å². The van der Waals surface area contributed by atoms with E-state index < -0.39 is 0 Å². The summed E-state index contributed by atoms with van der Waals surface area (Å²) in [5.41, 5.74) is 3.12. The zero-order valence-corrected chi connectivity index (χ0v) is 17.2. The molecular weight excluding hydrogens is 384 g/mol. The Hall–Kier alpha value is -2.64. The number of nitrogens with zero attached hydrogens (tertiary/aromatic N) is 3. The second-order valence-corrected chi connectivity index (χ2v) is 8.02. The topological polar surface area (TPSA) is 69.0 Å². The van der Waals surface area contributed by atoms with Crippen molar-refractivity contribution in [2.45, 2.75) is 31.0 Å². The molecule has 0 bridgehead atoms. The van der Waals surface area contributed by atoms with E-state index in [1.807, 2.05) is 47.0 Å². The van der Waals surface area contributed by atoms with Crippen LogP contribution in [0.2, 0.25) is 0 Å². The first-order valence-electron chi connectivity index (χ1n) is 9.79. The molecule has 0 spiro atoms. The van der Waals surface area contributed by atoms with Gasteiger partial charge in [-0.15, -0.1) is 10.2 Å². The third kappa shape index (κ3) is 4.86. The highest BCUT2D eigenvalue weighted by atomic mass is 32.2. The van der Waals surface area contributed by atoms with Crippen LogP contribution in [0.3, 0.4) is 0 Å². The number of hydrogen-bond acceptors (Lipinski definition) is 5. The van der Waals surface area contributed by atoms with Crippen molar-refractivity contribution < 1.29 is 9.53 Å². The average molecular weight is 409 g/mol. The molecular formula is C22H24N4O2S. The lowest BCUT2D eigenvalue weighted by Crippen LogP contribution is -2.32. The van der Waals surface area contributed by atoms with E-state index in [0.717, 1.165) is 42.1 Å². The highest BCUT2D eigenvalue weighted by molar-refractivity contribution is 7.99. The monoisotopic (exact) mass is 408 g/mol. The van der Waals surface area contributed by atoms with E-state index in [2.05, 4.69) is 34.6 Å². The maximum Gasteiger partial charge on any atom is 0.230 e. The maximum absolute atomic E-state index is 12.3. The van der Waals surface area contributed by atoms with Crippen LogP contribution in [-0.2, 0) is 9.53 Å². The van der Waals surface area contributed by atoms with Crippen LogP contribution < -0.4 is 5.32 Å². The van der Waals surface area contributed by atoms with Gasteiger partial charge in [-0.3, -0.25) is 9.36 Å². The minimum absolute atomic E-state index is 0.0226. The van der Waals surface area contributed by atoms with Crippen molar-refractivity contribution in [2.24, 2.45) is 0 Å². The van der Waals surface area contributed by atoms with E-state index in [1.54, 1.807) is 0 Å². The van der Waals surface area contributed by atoms with Gasteiger partial charge in [0.25, 0.3) is 0 Å². The first kappa shape index (κ1) is 19.7. The van der Waals surface area contributed by atoms with Gasteiger partial charge in [-0.1, -0.05) is 54.2 Å². The molecule has 1 atom stereocenters. The van der Waals surface area contributed by atoms with E-state index in [1.165, 1.54) is 11.8 Å². The summed E-state index contributed by atoms with van der Waals surface area (Å²) in [6, 6.07) is 18.2. The van der Waals surface area contributed by atoms with Crippen LogP contribution in [0, 0.1) is 6.92 Å². The molecule has 3 aromatic rings. The molecule has 7 heteroatoms. The Bertz CT molecular complexity index is 968. The van der Waals surface area contributed by atoms with Crippen LogP contribution in [0.15, 0.2) is 59.8 Å². The minimum Gasteiger partial charge on any atom is -0.376 e. The molecule has 150 valence electrons. The van der Waals surface area contributed by atoms with Crippen LogP contribution in [0.25, 0.3) is 17.1 Å². The van der Waals surface area contributed by atoms with E-state index >= 15 is 0 Å². The fourth-order valence-electron chi connectivity index (χ4n) is 3.35. The largest absolute Gasteiger partial charge is 0.376 e. The molecule has 1 aliphatic rings. The number of thioether (sulfide) groups is 1. The van der Waals surface area contributed by atoms with Gasteiger partial charge in [0, 0.05) is 24.4 Å². The van der Waals surface area contributed by atoms with Crippen LogP contribution in [0.5, 0.6) is 0 Å². The molecule has 0 aliphatic carbocycles. The minimum atomic E-state index is -0.0226. The summed E-state index contributed by atoms with van der Waals surface area (Å²) < 4.78 is 7.57. The summed E-state index contributed by atoms with van der Waals surface area (Å²) in [5.74, 6) is 1.02. The molecule has 1 aromatic heterocycles. The second kappa shape index (κ2) is 9.24. The summed E-state index contributed by atoms with van der Waals surface area (Å²) in [5, 5.41) is 12.5. The highest BCUT2D eigenvalue weighted by Gasteiger charge is 2.19. The molecule has 0 saturated carbocycles. The van der Waals surface area contributed by atoms with Crippen molar-refractivity contribution in [2.75, 3.05) is 18.9 Å². The number of hydrogen-bond donors (Lipinski definition) is 1. The first-order valence-corrected chi connectivity index (χ1v) is 10.8. The molecule has 2 heterocycles.